The molecule has 0 fully saturated rings. The fourth-order valence-corrected chi connectivity index (χ4v) is 1.97. The van der Waals surface area contributed by atoms with E-state index in [9.17, 15) is 9.59 Å². The molecule has 2 aromatic rings. The van der Waals surface area contributed by atoms with Gasteiger partial charge in [-0.3, -0.25) is 10.3 Å². The highest BCUT2D eigenvalue weighted by atomic mass is 16.5. The van der Waals surface area contributed by atoms with Crippen molar-refractivity contribution < 1.29 is 19.1 Å². The third-order valence-electron chi connectivity index (χ3n) is 3.26. The van der Waals surface area contributed by atoms with Crippen LogP contribution >= 0.6 is 0 Å². The van der Waals surface area contributed by atoms with Gasteiger partial charge in [0.05, 0.1) is 24.6 Å². The molecular formula is C17H21N5O4. The van der Waals surface area contributed by atoms with Crippen molar-refractivity contribution in [2.45, 2.75) is 0 Å². The fraction of sp³-hybridized carbons (Fsp3) is 0.294. The van der Waals surface area contributed by atoms with Gasteiger partial charge in [-0.15, -0.1) is 0 Å². The van der Waals surface area contributed by atoms with Crippen LogP contribution in [0.1, 0.15) is 10.4 Å². The van der Waals surface area contributed by atoms with Crippen LogP contribution in [0.25, 0.3) is 0 Å². The first kappa shape index (κ1) is 19.1. The number of urea groups is 1. The lowest BCUT2D eigenvalue weighted by molar-refractivity contribution is 0.0482. The Balaban J connectivity index is 2.06. The van der Waals surface area contributed by atoms with Gasteiger partial charge in [0.1, 0.15) is 12.4 Å². The number of benzene rings is 1. The maximum atomic E-state index is 12.1. The summed E-state index contributed by atoms with van der Waals surface area (Å²) in [5, 5.41) is 5.16. The SMILES string of the molecule is COc1ccc(C(=O)OCCN(C)C)cc1NC(=O)Nc1cnccn1. The van der Waals surface area contributed by atoms with Gasteiger partial charge in [0.25, 0.3) is 0 Å². The van der Waals surface area contributed by atoms with Gasteiger partial charge >= 0.3 is 12.0 Å². The van der Waals surface area contributed by atoms with E-state index in [1.54, 1.807) is 12.1 Å². The first-order valence-corrected chi connectivity index (χ1v) is 7.83. The molecule has 26 heavy (non-hydrogen) atoms. The van der Waals surface area contributed by atoms with Gasteiger partial charge in [-0.25, -0.2) is 14.6 Å². The lowest BCUT2D eigenvalue weighted by Gasteiger charge is -2.13. The summed E-state index contributed by atoms with van der Waals surface area (Å²) in [4.78, 5) is 34.0. The minimum absolute atomic E-state index is 0.272. The molecule has 1 heterocycles. The summed E-state index contributed by atoms with van der Waals surface area (Å²) in [6.07, 6.45) is 4.37. The molecule has 9 nitrogen and oxygen atoms in total. The fourth-order valence-electron chi connectivity index (χ4n) is 1.97. The number of carbonyl (C=O) groups excluding carboxylic acids is 2. The summed E-state index contributed by atoms with van der Waals surface area (Å²) in [5.41, 5.74) is 0.635. The van der Waals surface area contributed by atoms with Crippen molar-refractivity contribution in [2.24, 2.45) is 0 Å². The van der Waals surface area contributed by atoms with Crippen molar-refractivity contribution in [2.75, 3.05) is 45.0 Å². The van der Waals surface area contributed by atoms with Crippen LogP contribution in [0.5, 0.6) is 5.75 Å². The molecule has 0 aliphatic carbocycles. The number of rotatable bonds is 7. The highest BCUT2D eigenvalue weighted by molar-refractivity contribution is 6.01. The summed E-state index contributed by atoms with van der Waals surface area (Å²) in [5.74, 6) is 0.222. The number of nitrogens with one attached hydrogen (secondary N) is 2. The van der Waals surface area contributed by atoms with E-state index in [4.69, 9.17) is 9.47 Å². The molecule has 2 N–H and O–H groups in total. The van der Waals surface area contributed by atoms with Crippen molar-refractivity contribution in [1.29, 1.82) is 0 Å². The summed E-state index contributed by atoms with van der Waals surface area (Å²) in [6, 6.07) is 4.11. The molecule has 138 valence electrons. The highest BCUT2D eigenvalue weighted by Crippen LogP contribution is 2.26. The molecule has 0 saturated carbocycles. The Kier molecular flexibility index (Phi) is 6.86. The monoisotopic (exact) mass is 359 g/mol. The quantitative estimate of drug-likeness (QED) is 0.727. The van der Waals surface area contributed by atoms with Gasteiger partial charge in [0, 0.05) is 18.9 Å². The minimum atomic E-state index is -0.540. The predicted molar refractivity (Wildman–Crippen MR) is 96.5 cm³/mol. The van der Waals surface area contributed by atoms with Crippen molar-refractivity contribution in [3.8, 4) is 5.75 Å². The zero-order chi connectivity index (χ0) is 18.9. The number of anilines is 2. The molecule has 0 spiro atoms. The Bertz CT molecular complexity index is 752. The van der Waals surface area contributed by atoms with E-state index in [1.807, 2.05) is 19.0 Å². The first-order chi connectivity index (χ1) is 12.5. The Morgan fingerprint density at radius 1 is 1.19 bits per heavy atom. The van der Waals surface area contributed by atoms with Crippen LogP contribution in [0.4, 0.5) is 16.3 Å². The second-order valence-electron chi connectivity index (χ2n) is 5.52. The third-order valence-corrected chi connectivity index (χ3v) is 3.26. The van der Waals surface area contributed by atoms with Crippen molar-refractivity contribution >= 4 is 23.5 Å². The van der Waals surface area contributed by atoms with Gasteiger partial charge in [-0.2, -0.15) is 0 Å². The molecule has 0 aliphatic heterocycles. The number of amides is 2. The van der Waals surface area contributed by atoms with Crippen LogP contribution < -0.4 is 15.4 Å². The van der Waals surface area contributed by atoms with Crippen molar-refractivity contribution in [1.82, 2.24) is 14.9 Å². The van der Waals surface area contributed by atoms with E-state index in [-0.39, 0.29) is 6.61 Å². The Hall–Kier alpha value is -3.20. The second-order valence-corrected chi connectivity index (χ2v) is 5.52. The van der Waals surface area contributed by atoms with E-state index >= 15 is 0 Å². The number of nitrogens with zero attached hydrogens (tertiary/aromatic N) is 3. The molecular weight excluding hydrogens is 338 g/mol. The number of ether oxygens (including phenoxy) is 2. The standard InChI is InChI=1S/C17H21N5O4/c1-22(2)8-9-26-16(23)12-4-5-14(25-3)13(10-12)20-17(24)21-15-11-18-6-7-19-15/h4-7,10-11H,8-9H2,1-3H3,(H2,19,20,21,24). The number of likely N-dealkylation sites (N-methyl/N-ethyl adjacent to an activating group) is 1. The van der Waals surface area contributed by atoms with Gasteiger partial charge in [-0.05, 0) is 32.3 Å². The first-order valence-electron chi connectivity index (χ1n) is 7.83. The summed E-state index contributed by atoms with van der Waals surface area (Å²) >= 11 is 0. The van der Waals surface area contributed by atoms with Gasteiger partial charge in [-0.1, -0.05) is 0 Å². The maximum absolute atomic E-state index is 12.1. The highest BCUT2D eigenvalue weighted by Gasteiger charge is 2.14. The maximum Gasteiger partial charge on any atom is 0.338 e. The molecule has 0 unspecified atom stereocenters. The zero-order valence-corrected chi connectivity index (χ0v) is 14.9. The van der Waals surface area contributed by atoms with Crippen LogP contribution in [0, 0.1) is 0 Å². The van der Waals surface area contributed by atoms with Crippen LogP contribution in [0.2, 0.25) is 0 Å². The number of hydrogen-bond donors (Lipinski definition) is 2. The van der Waals surface area contributed by atoms with Crippen LogP contribution in [-0.4, -0.2) is 61.2 Å². The molecule has 9 heteroatoms. The Morgan fingerprint density at radius 3 is 2.65 bits per heavy atom. The number of methoxy groups -OCH3 is 1. The molecule has 1 aromatic heterocycles. The average molecular weight is 359 g/mol. The molecule has 2 amide bonds. The number of hydrogen-bond acceptors (Lipinski definition) is 7. The van der Waals surface area contributed by atoms with Crippen LogP contribution in [0.15, 0.2) is 36.8 Å². The van der Waals surface area contributed by atoms with Crippen molar-refractivity contribution in [3.05, 3.63) is 42.4 Å². The molecule has 0 bridgehead atoms. The molecule has 0 atom stereocenters. The smallest absolute Gasteiger partial charge is 0.338 e. The van der Waals surface area contributed by atoms with Gasteiger partial charge in [0.15, 0.2) is 5.82 Å². The Morgan fingerprint density at radius 2 is 2.00 bits per heavy atom. The lowest BCUT2D eigenvalue weighted by Crippen LogP contribution is -2.21. The van der Waals surface area contributed by atoms with Crippen molar-refractivity contribution in [3.63, 3.8) is 0 Å². The summed E-state index contributed by atoms with van der Waals surface area (Å²) in [6.45, 7) is 0.890. The minimum Gasteiger partial charge on any atom is -0.495 e. The molecule has 0 saturated heterocycles. The second kappa shape index (κ2) is 9.33. The largest absolute Gasteiger partial charge is 0.495 e. The van der Waals surface area contributed by atoms with E-state index in [1.165, 1.54) is 31.8 Å². The van der Waals surface area contributed by atoms with E-state index in [0.717, 1.165) is 0 Å². The molecule has 0 radical (unpaired) electrons. The van der Waals surface area contributed by atoms with E-state index in [2.05, 4.69) is 20.6 Å². The lowest BCUT2D eigenvalue weighted by atomic mass is 10.2. The molecule has 2 rings (SSSR count). The molecule has 1 aromatic carbocycles. The third kappa shape index (κ3) is 5.71. The van der Waals surface area contributed by atoms with Gasteiger partial charge < -0.3 is 19.7 Å². The van der Waals surface area contributed by atoms with Gasteiger partial charge in [0.2, 0.25) is 0 Å². The van der Waals surface area contributed by atoms with E-state index in [0.29, 0.717) is 29.4 Å². The molecule has 0 aliphatic rings. The predicted octanol–water partition coefficient (Wildman–Crippen LogP) is 1.85. The van der Waals surface area contributed by atoms with Crippen LogP contribution in [0.3, 0.4) is 0 Å². The normalized spacial score (nSPS) is 10.3. The summed E-state index contributed by atoms with van der Waals surface area (Å²) < 4.78 is 10.4. The number of aromatic nitrogens is 2. The topological polar surface area (TPSA) is 106 Å². The number of carbonyl (C=O) groups is 2. The van der Waals surface area contributed by atoms with Crippen LogP contribution in [-0.2, 0) is 4.74 Å². The van der Waals surface area contributed by atoms with E-state index < -0.39 is 12.0 Å². The zero-order valence-electron chi connectivity index (χ0n) is 14.9. The summed E-state index contributed by atoms with van der Waals surface area (Å²) in [7, 11) is 5.24. The number of esters is 1. The Labute approximate surface area is 151 Å². The average Bonchev–Trinajstić information content (AvgIpc) is 2.62.